The van der Waals surface area contributed by atoms with Crippen molar-refractivity contribution in [3.8, 4) is 17.6 Å². The van der Waals surface area contributed by atoms with E-state index < -0.39 is 4.92 Å². The molecule has 1 N–H and O–H groups in total. The predicted molar refractivity (Wildman–Crippen MR) is 102 cm³/mol. The van der Waals surface area contributed by atoms with Crippen molar-refractivity contribution >= 4 is 11.6 Å². The molecule has 0 spiro atoms. The summed E-state index contributed by atoms with van der Waals surface area (Å²) in [6.45, 7) is 0.381. The molecule has 0 fully saturated rings. The largest absolute Gasteiger partial charge is 0.450 e. The van der Waals surface area contributed by atoms with Gasteiger partial charge in [0, 0.05) is 18.2 Å². The number of hydrogen-bond donors (Lipinski definition) is 1. The summed E-state index contributed by atoms with van der Waals surface area (Å²) in [5.41, 5.74) is 1.17. The number of ether oxygens (including phenoxy) is 1. The normalized spacial score (nSPS) is 9.96. The minimum atomic E-state index is -0.618. The summed E-state index contributed by atoms with van der Waals surface area (Å²) in [7, 11) is 0. The van der Waals surface area contributed by atoms with E-state index in [9.17, 15) is 14.9 Å². The van der Waals surface area contributed by atoms with Crippen molar-refractivity contribution < 1.29 is 14.5 Å². The fraction of sp³-hybridized carbons (Fsp3) is 0.0476. The van der Waals surface area contributed by atoms with E-state index in [1.807, 2.05) is 36.4 Å². The zero-order valence-electron chi connectivity index (χ0n) is 14.7. The first kappa shape index (κ1) is 18.6. The second-order valence-corrected chi connectivity index (χ2v) is 5.85. The molecule has 3 aromatic carbocycles. The first-order valence-electron chi connectivity index (χ1n) is 8.35. The highest BCUT2D eigenvalue weighted by Crippen LogP contribution is 2.32. The third kappa shape index (κ3) is 4.51. The summed E-state index contributed by atoms with van der Waals surface area (Å²) in [6, 6.07) is 21.6. The van der Waals surface area contributed by atoms with Crippen LogP contribution in [0.2, 0.25) is 0 Å². The maximum atomic E-state index is 12.4. The molecule has 138 valence electrons. The van der Waals surface area contributed by atoms with Crippen molar-refractivity contribution in [2.75, 3.05) is 0 Å². The number of benzene rings is 3. The van der Waals surface area contributed by atoms with Crippen LogP contribution in [0.15, 0.2) is 72.8 Å². The molecule has 0 radical (unpaired) electrons. The maximum absolute atomic E-state index is 12.4. The number of nitro groups is 1. The Balaban J connectivity index is 1.76. The lowest BCUT2D eigenvalue weighted by atomic mass is 10.1. The molecule has 0 saturated carbocycles. The van der Waals surface area contributed by atoms with Gasteiger partial charge in [-0.05, 0) is 35.9 Å². The van der Waals surface area contributed by atoms with Crippen LogP contribution in [0.5, 0.6) is 11.5 Å². The zero-order valence-corrected chi connectivity index (χ0v) is 14.7. The van der Waals surface area contributed by atoms with Crippen LogP contribution in [0.3, 0.4) is 0 Å². The minimum Gasteiger partial charge on any atom is -0.450 e. The summed E-state index contributed by atoms with van der Waals surface area (Å²) in [5.74, 6) is -0.0188. The fourth-order valence-electron chi connectivity index (χ4n) is 2.52. The van der Waals surface area contributed by atoms with Crippen LogP contribution in [-0.2, 0) is 6.54 Å². The third-order valence-corrected chi connectivity index (χ3v) is 3.90. The number of carbonyl (C=O) groups excluding carboxylic acids is 1. The lowest BCUT2D eigenvalue weighted by molar-refractivity contribution is -0.385. The van der Waals surface area contributed by atoms with Crippen LogP contribution in [0, 0.1) is 21.4 Å². The number of rotatable bonds is 6. The molecule has 0 bridgehead atoms. The monoisotopic (exact) mass is 373 g/mol. The first-order valence-corrected chi connectivity index (χ1v) is 8.35. The van der Waals surface area contributed by atoms with Crippen molar-refractivity contribution in [1.29, 1.82) is 5.26 Å². The summed E-state index contributed by atoms with van der Waals surface area (Å²) in [6.07, 6.45) is 0. The number of amides is 1. The summed E-state index contributed by atoms with van der Waals surface area (Å²) in [5, 5.41) is 22.9. The van der Waals surface area contributed by atoms with Gasteiger partial charge in [-0.15, -0.1) is 0 Å². The third-order valence-electron chi connectivity index (χ3n) is 3.90. The Morgan fingerprint density at radius 3 is 2.57 bits per heavy atom. The maximum Gasteiger partial charge on any atom is 0.312 e. The number of carbonyl (C=O) groups is 1. The van der Waals surface area contributed by atoms with Crippen molar-refractivity contribution in [3.63, 3.8) is 0 Å². The van der Waals surface area contributed by atoms with E-state index in [2.05, 4.69) is 5.32 Å². The molecule has 1 amide bonds. The molecule has 3 rings (SSSR count). The number of nitrogens with one attached hydrogen (secondary N) is 1. The lowest BCUT2D eigenvalue weighted by Gasteiger charge is -2.09. The molecule has 0 saturated heterocycles. The van der Waals surface area contributed by atoms with Gasteiger partial charge in [0.05, 0.1) is 16.6 Å². The van der Waals surface area contributed by atoms with Crippen molar-refractivity contribution in [2.24, 2.45) is 0 Å². The lowest BCUT2D eigenvalue weighted by Crippen LogP contribution is -2.22. The average molecular weight is 373 g/mol. The number of hydrogen-bond acceptors (Lipinski definition) is 5. The van der Waals surface area contributed by atoms with Gasteiger partial charge in [-0.25, -0.2) is 0 Å². The Labute approximate surface area is 161 Å². The molecule has 3 aromatic rings. The van der Waals surface area contributed by atoms with Gasteiger partial charge in [0.1, 0.15) is 5.75 Å². The summed E-state index contributed by atoms with van der Waals surface area (Å²) >= 11 is 0. The highest BCUT2D eigenvalue weighted by Gasteiger charge is 2.17. The Hall–Kier alpha value is -4.18. The highest BCUT2D eigenvalue weighted by molar-refractivity contribution is 5.94. The van der Waals surface area contributed by atoms with Gasteiger partial charge in [-0.2, -0.15) is 5.26 Å². The molecule has 0 aromatic heterocycles. The average Bonchev–Trinajstić information content (AvgIpc) is 2.73. The summed E-state index contributed by atoms with van der Waals surface area (Å²) < 4.78 is 5.59. The zero-order chi connectivity index (χ0) is 19.9. The Kier molecular flexibility index (Phi) is 5.63. The predicted octanol–water partition coefficient (Wildman–Crippen LogP) is 4.19. The topological polar surface area (TPSA) is 105 Å². The second-order valence-electron chi connectivity index (χ2n) is 5.85. The molecule has 7 heteroatoms. The standard InChI is InChI=1S/C21H15N3O4/c22-13-16-9-10-20(19(11-16)24(26)27)28-18-8-4-7-17(12-18)21(25)23-14-15-5-2-1-3-6-15/h1-12H,14H2,(H,23,25). The van der Waals surface area contributed by atoms with Crippen molar-refractivity contribution in [3.05, 3.63) is 99.6 Å². The van der Waals surface area contributed by atoms with Gasteiger partial charge in [-0.1, -0.05) is 36.4 Å². The molecule has 0 aliphatic heterocycles. The van der Waals surface area contributed by atoms with E-state index in [1.54, 1.807) is 18.2 Å². The van der Waals surface area contributed by atoms with Crippen LogP contribution in [0.1, 0.15) is 21.5 Å². The molecular weight excluding hydrogens is 358 g/mol. The molecule has 28 heavy (non-hydrogen) atoms. The summed E-state index contributed by atoms with van der Waals surface area (Å²) in [4.78, 5) is 23.0. The molecule has 0 aliphatic carbocycles. The van der Waals surface area contributed by atoms with E-state index in [-0.39, 0.29) is 28.7 Å². The highest BCUT2D eigenvalue weighted by atomic mass is 16.6. The number of nitriles is 1. The molecule has 7 nitrogen and oxygen atoms in total. The van der Waals surface area contributed by atoms with Crippen molar-refractivity contribution in [2.45, 2.75) is 6.54 Å². The molecule has 0 atom stereocenters. The first-order chi connectivity index (χ1) is 13.6. The van der Waals surface area contributed by atoms with Crippen LogP contribution >= 0.6 is 0 Å². The molecular formula is C21H15N3O4. The van der Waals surface area contributed by atoms with Crippen LogP contribution < -0.4 is 10.1 Å². The van der Waals surface area contributed by atoms with Crippen LogP contribution in [0.4, 0.5) is 5.69 Å². The van der Waals surface area contributed by atoms with Gasteiger partial charge in [0.25, 0.3) is 5.91 Å². The van der Waals surface area contributed by atoms with E-state index in [1.165, 1.54) is 18.2 Å². The van der Waals surface area contributed by atoms with Gasteiger partial charge in [-0.3, -0.25) is 14.9 Å². The van der Waals surface area contributed by atoms with Crippen LogP contribution in [0.25, 0.3) is 0 Å². The minimum absolute atomic E-state index is 0.00848. The van der Waals surface area contributed by atoms with Gasteiger partial charge < -0.3 is 10.1 Å². The van der Waals surface area contributed by atoms with E-state index in [0.29, 0.717) is 12.1 Å². The second kappa shape index (κ2) is 8.47. The molecule has 0 heterocycles. The van der Waals surface area contributed by atoms with Crippen molar-refractivity contribution in [1.82, 2.24) is 5.32 Å². The quantitative estimate of drug-likeness (QED) is 0.515. The molecule has 0 aliphatic rings. The van der Waals surface area contributed by atoms with Gasteiger partial charge in [0.15, 0.2) is 0 Å². The molecule has 0 unspecified atom stereocenters. The van der Waals surface area contributed by atoms with E-state index in [0.717, 1.165) is 11.6 Å². The Morgan fingerprint density at radius 1 is 1.07 bits per heavy atom. The number of nitrogens with zero attached hydrogens (tertiary/aromatic N) is 2. The number of nitro benzene ring substituents is 1. The van der Waals surface area contributed by atoms with E-state index in [4.69, 9.17) is 10.00 Å². The fourth-order valence-corrected chi connectivity index (χ4v) is 2.52. The van der Waals surface area contributed by atoms with E-state index >= 15 is 0 Å². The smallest absolute Gasteiger partial charge is 0.312 e. The van der Waals surface area contributed by atoms with Gasteiger partial charge >= 0.3 is 5.69 Å². The Morgan fingerprint density at radius 2 is 1.86 bits per heavy atom. The SMILES string of the molecule is N#Cc1ccc(Oc2cccc(C(=O)NCc3ccccc3)c2)c([N+](=O)[O-])c1. The Bertz CT molecular complexity index is 1060. The van der Waals surface area contributed by atoms with Gasteiger partial charge in [0.2, 0.25) is 5.75 Å². The van der Waals surface area contributed by atoms with Crippen LogP contribution in [-0.4, -0.2) is 10.8 Å².